The third-order valence-electron chi connectivity index (χ3n) is 4.16. The Bertz CT molecular complexity index is 753. The SMILES string of the molecule is CC(=O)c1cccc(N2CCN(c3ccc([N+](=O)[O-])cn3)CC2)c1. The molecular weight excluding hydrogens is 308 g/mol. The molecule has 2 heterocycles. The lowest BCUT2D eigenvalue weighted by atomic mass is 10.1. The number of hydrogen-bond donors (Lipinski definition) is 0. The Hall–Kier alpha value is -2.96. The molecule has 0 N–H and O–H groups in total. The molecule has 0 amide bonds. The molecule has 1 aromatic carbocycles. The topological polar surface area (TPSA) is 79.6 Å². The lowest BCUT2D eigenvalue weighted by Gasteiger charge is -2.36. The van der Waals surface area contributed by atoms with E-state index < -0.39 is 4.92 Å². The van der Waals surface area contributed by atoms with E-state index in [1.54, 1.807) is 13.0 Å². The van der Waals surface area contributed by atoms with Gasteiger partial charge in [-0.05, 0) is 25.1 Å². The lowest BCUT2D eigenvalue weighted by molar-refractivity contribution is -0.385. The van der Waals surface area contributed by atoms with Gasteiger partial charge < -0.3 is 9.80 Å². The molecule has 0 unspecified atom stereocenters. The van der Waals surface area contributed by atoms with Crippen molar-refractivity contribution in [2.45, 2.75) is 6.92 Å². The van der Waals surface area contributed by atoms with Crippen LogP contribution in [0.4, 0.5) is 17.2 Å². The first-order chi connectivity index (χ1) is 11.5. The smallest absolute Gasteiger partial charge is 0.287 e. The molecule has 0 atom stereocenters. The van der Waals surface area contributed by atoms with Gasteiger partial charge in [0, 0.05) is 43.5 Å². The molecule has 3 rings (SSSR count). The molecule has 0 spiro atoms. The Labute approximate surface area is 139 Å². The van der Waals surface area contributed by atoms with E-state index in [0.29, 0.717) is 5.56 Å². The van der Waals surface area contributed by atoms with Crippen molar-refractivity contribution in [2.24, 2.45) is 0 Å². The molecule has 1 aliphatic heterocycles. The van der Waals surface area contributed by atoms with Gasteiger partial charge in [0.25, 0.3) is 5.69 Å². The first-order valence-electron chi connectivity index (χ1n) is 7.76. The molecule has 2 aromatic rings. The minimum absolute atomic E-state index is 0.00145. The highest BCUT2D eigenvalue weighted by Crippen LogP contribution is 2.21. The van der Waals surface area contributed by atoms with Crippen molar-refractivity contribution < 1.29 is 9.72 Å². The molecular formula is C17H18N4O3. The molecule has 24 heavy (non-hydrogen) atoms. The van der Waals surface area contributed by atoms with Crippen LogP contribution in [-0.2, 0) is 0 Å². The van der Waals surface area contributed by atoms with Crippen LogP contribution in [0.3, 0.4) is 0 Å². The largest absolute Gasteiger partial charge is 0.368 e. The van der Waals surface area contributed by atoms with Crippen LogP contribution in [0.5, 0.6) is 0 Å². The summed E-state index contributed by atoms with van der Waals surface area (Å²) >= 11 is 0. The van der Waals surface area contributed by atoms with Gasteiger partial charge in [-0.3, -0.25) is 14.9 Å². The number of nitro groups is 1. The average molecular weight is 326 g/mol. The highest BCUT2D eigenvalue weighted by atomic mass is 16.6. The van der Waals surface area contributed by atoms with Crippen molar-refractivity contribution in [3.05, 3.63) is 58.3 Å². The molecule has 7 heteroatoms. The van der Waals surface area contributed by atoms with Gasteiger partial charge in [-0.1, -0.05) is 12.1 Å². The van der Waals surface area contributed by atoms with Gasteiger partial charge in [0.05, 0.1) is 4.92 Å². The molecule has 124 valence electrons. The number of anilines is 2. The number of nitrogens with zero attached hydrogens (tertiary/aromatic N) is 4. The summed E-state index contributed by atoms with van der Waals surface area (Å²) in [6.45, 7) is 4.72. The highest BCUT2D eigenvalue weighted by molar-refractivity contribution is 5.95. The molecule has 1 aliphatic rings. The predicted octanol–water partition coefficient (Wildman–Crippen LogP) is 2.52. The third kappa shape index (κ3) is 3.34. The Kier molecular flexibility index (Phi) is 4.41. The van der Waals surface area contributed by atoms with Crippen molar-refractivity contribution in [1.29, 1.82) is 0 Å². The Morgan fingerprint density at radius 1 is 1.12 bits per heavy atom. The number of piperazine rings is 1. The fourth-order valence-electron chi connectivity index (χ4n) is 2.79. The first-order valence-corrected chi connectivity index (χ1v) is 7.76. The normalized spacial score (nSPS) is 14.5. The molecule has 7 nitrogen and oxygen atoms in total. The number of carbonyl (C=O) groups is 1. The second kappa shape index (κ2) is 6.66. The fraction of sp³-hybridized carbons (Fsp3) is 0.294. The molecule has 0 saturated carbocycles. The van der Waals surface area contributed by atoms with Crippen LogP contribution in [-0.4, -0.2) is 41.9 Å². The zero-order chi connectivity index (χ0) is 17.1. The van der Waals surface area contributed by atoms with Crippen LogP contribution in [0.2, 0.25) is 0 Å². The minimum atomic E-state index is -0.448. The summed E-state index contributed by atoms with van der Waals surface area (Å²) < 4.78 is 0. The Morgan fingerprint density at radius 3 is 2.42 bits per heavy atom. The van der Waals surface area contributed by atoms with Crippen molar-refractivity contribution in [3.8, 4) is 0 Å². The molecule has 0 radical (unpaired) electrons. The number of carbonyl (C=O) groups excluding carboxylic acids is 1. The fourth-order valence-corrected chi connectivity index (χ4v) is 2.79. The third-order valence-corrected chi connectivity index (χ3v) is 4.16. The number of aromatic nitrogens is 1. The number of Topliss-reactive ketones (excluding diaryl/α,β-unsaturated/α-hetero) is 1. The van der Waals surface area contributed by atoms with Gasteiger partial charge in [0.15, 0.2) is 5.78 Å². The summed E-state index contributed by atoms with van der Waals surface area (Å²) in [6, 6.07) is 10.8. The van der Waals surface area contributed by atoms with Crippen LogP contribution < -0.4 is 9.80 Å². The van der Waals surface area contributed by atoms with Crippen molar-refractivity contribution in [1.82, 2.24) is 4.98 Å². The van der Waals surface area contributed by atoms with E-state index >= 15 is 0 Å². The van der Waals surface area contributed by atoms with E-state index in [4.69, 9.17) is 0 Å². The van der Waals surface area contributed by atoms with E-state index in [9.17, 15) is 14.9 Å². The van der Waals surface area contributed by atoms with Crippen molar-refractivity contribution >= 4 is 23.0 Å². The van der Waals surface area contributed by atoms with Crippen LogP contribution >= 0.6 is 0 Å². The quantitative estimate of drug-likeness (QED) is 0.488. The van der Waals surface area contributed by atoms with Crippen LogP contribution in [0, 0.1) is 10.1 Å². The maximum Gasteiger partial charge on any atom is 0.287 e. The summed E-state index contributed by atoms with van der Waals surface area (Å²) in [6.07, 6.45) is 1.29. The van der Waals surface area contributed by atoms with Crippen molar-refractivity contribution in [2.75, 3.05) is 36.0 Å². The Balaban J connectivity index is 1.66. The summed E-state index contributed by atoms with van der Waals surface area (Å²) in [5.74, 6) is 0.809. The van der Waals surface area contributed by atoms with Crippen LogP contribution in [0.1, 0.15) is 17.3 Å². The number of rotatable bonds is 4. The molecule has 0 bridgehead atoms. The monoisotopic (exact) mass is 326 g/mol. The number of pyridine rings is 1. The van der Waals surface area contributed by atoms with E-state index in [2.05, 4.69) is 14.8 Å². The highest BCUT2D eigenvalue weighted by Gasteiger charge is 2.19. The Morgan fingerprint density at radius 2 is 1.83 bits per heavy atom. The number of benzene rings is 1. The maximum atomic E-state index is 11.5. The van der Waals surface area contributed by atoms with Gasteiger partial charge >= 0.3 is 0 Å². The summed E-state index contributed by atoms with van der Waals surface area (Å²) in [5.41, 5.74) is 1.75. The van der Waals surface area contributed by atoms with E-state index in [-0.39, 0.29) is 11.5 Å². The average Bonchev–Trinajstić information content (AvgIpc) is 2.62. The predicted molar refractivity (Wildman–Crippen MR) is 91.8 cm³/mol. The number of hydrogen-bond acceptors (Lipinski definition) is 6. The van der Waals surface area contributed by atoms with Crippen molar-refractivity contribution in [3.63, 3.8) is 0 Å². The van der Waals surface area contributed by atoms with E-state index in [1.165, 1.54) is 12.3 Å². The minimum Gasteiger partial charge on any atom is -0.368 e. The second-order valence-electron chi connectivity index (χ2n) is 5.71. The first kappa shape index (κ1) is 15.9. The van der Waals surface area contributed by atoms with E-state index in [0.717, 1.165) is 37.7 Å². The van der Waals surface area contributed by atoms with Gasteiger partial charge in [-0.2, -0.15) is 0 Å². The van der Waals surface area contributed by atoms with Gasteiger partial charge in [0.2, 0.25) is 0 Å². The zero-order valence-corrected chi connectivity index (χ0v) is 13.4. The second-order valence-corrected chi connectivity index (χ2v) is 5.71. The van der Waals surface area contributed by atoms with Gasteiger partial charge in [-0.25, -0.2) is 4.98 Å². The molecule has 0 aliphatic carbocycles. The molecule has 1 saturated heterocycles. The standard InChI is InChI=1S/C17H18N4O3/c1-13(22)14-3-2-4-15(11-14)19-7-9-20(10-8-19)17-6-5-16(12-18-17)21(23)24/h2-6,11-12H,7-10H2,1H3. The summed E-state index contributed by atoms with van der Waals surface area (Å²) in [4.78, 5) is 30.3. The number of ketones is 1. The van der Waals surface area contributed by atoms with Crippen LogP contribution in [0.25, 0.3) is 0 Å². The zero-order valence-electron chi connectivity index (χ0n) is 13.4. The lowest BCUT2D eigenvalue weighted by Crippen LogP contribution is -2.46. The van der Waals surface area contributed by atoms with E-state index in [1.807, 2.05) is 24.3 Å². The van der Waals surface area contributed by atoms with Gasteiger partial charge in [0.1, 0.15) is 12.0 Å². The summed E-state index contributed by atoms with van der Waals surface area (Å²) in [5, 5.41) is 10.7. The molecule has 1 fully saturated rings. The summed E-state index contributed by atoms with van der Waals surface area (Å²) in [7, 11) is 0. The molecule has 1 aromatic heterocycles. The van der Waals surface area contributed by atoms with Gasteiger partial charge in [-0.15, -0.1) is 0 Å². The maximum absolute atomic E-state index is 11.5. The van der Waals surface area contributed by atoms with Crippen LogP contribution in [0.15, 0.2) is 42.6 Å².